The molecule has 0 radical (unpaired) electrons. The number of nitrogens with one attached hydrogen (secondary N) is 1. The van der Waals surface area contributed by atoms with E-state index < -0.39 is 9.84 Å². The average molecular weight is 322 g/mol. The number of carbonyl (C=O) groups excluding carboxylic acids is 1. The minimum atomic E-state index is -3.05. The summed E-state index contributed by atoms with van der Waals surface area (Å²) in [6.45, 7) is 1.74. The Labute approximate surface area is 131 Å². The molecule has 1 amide bonds. The minimum Gasteiger partial charge on any atom is -0.352 e. The summed E-state index contributed by atoms with van der Waals surface area (Å²) in [5.74, 6) is -0.142. The number of likely N-dealkylation sites (tertiary alicyclic amines) is 1. The first-order valence-corrected chi connectivity index (χ1v) is 9.40. The Morgan fingerprint density at radius 3 is 2.73 bits per heavy atom. The Balaban J connectivity index is 1.68. The Hall–Kier alpha value is -1.40. The van der Waals surface area contributed by atoms with Gasteiger partial charge in [-0.2, -0.15) is 0 Å². The van der Waals surface area contributed by atoms with Crippen molar-refractivity contribution in [3.05, 3.63) is 35.9 Å². The summed E-state index contributed by atoms with van der Waals surface area (Å²) in [4.78, 5) is 14.5. The zero-order chi connectivity index (χ0) is 15.7. The predicted octanol–water partition coefficient (Wildman–Crippen LogP) is 0.668. The van der Waals surface area contributed by atoms with E-state index in [2.05, 4.69) is 5.32 Å². The van der Waals surface area contributed by atoms with Gasteiger partial charge >= 0.3 is 0 Å². The summed E-state index contributed by atoms with van der Waals surface area (Å²) in [5, 5.41) is 2.60. The first-order chi connectivity index (χ1) is 10.5. The van der Waals surface area contributed by atoms with Gasteiger partial charge in [-0.15, -0.1) is 0 Å². The van der Waals surface area contributed by atoms with Crippen molar-refractivity contribution < 1.29 is 13.2 Å². The van der Waals surface area contributed by atoms with Gasteiger partial charge in [0.2, 0.25) is 5.91 Å². The zero-order valence-electron chi connectivity index (χ0n) is 12.7. The minimum absolute atomic E-state index is 0.0101. The van der Waals surface area contributed by atoms with E-state index in [4.69, 9.17) is 0 Å². The van der Waals surface area contributed by atoms with Crippen LogP contribution in [0.4, 0.5) is 0 Å². The van der Waals surface area contributed by atoms with Crippen molar-refractivity contribution in [2.24, 2.45) is 11.8 Å². The highest BCUT2D eigenvalue weighted by molar-refractivity contribution is 7.92. The van der Waals surface area contributed by atoms with Gasteiger partial charge in [0, 0.05) is 31.5 Å². The SMILES string of the molecule is CN1C[C@H]2[C@@H](C1)S(=O)(=O)CC[C@H]2C(=O)NCc1ccccc1. The lowest BCUT2D eigenvalue weighted by Crippen LogP contribution is -2.47. The molecule has 0 aliphatic carbocycles. The fourth-order valence-electron chi connectivity index (χ4n) is 3.66. The maximum Gasteiger partial charge on any atom is 0.223 e. The normalized spacial score (nSPS) is 30.7. The third-order valence-electron chi connectivity index (χ3n) is 4.83. The first-order valence-electron chi connectivity index (χ1n) is 7.69. The number of fused-ring (bicyclic) bond motifs is 1. The van der Waals surface area contributed by atoms with E-state index in [1.807, 2.05) is 42.3 Å². The lowest BCUT2D eigenvalue weighted by Gasteiger charge is -2.31. The van der Waals surface area contributed by atoms with E-state index in [0.717, 1.165) is 5.56 Å². The second kappa shape index (κ2) is 6.01. The van der Waals surface area contributed by atoms with Crippen LogP contribution in [-0.4, -0.2) is 50.4 Å². The van der Waals surface area contributed by atoms with Crippen LogP contribution in [0.1, 0.15) is 12.0 Å². The monoisotopic (exact) mass is 322 g/mol. The highest BCUT2D eigenvalue weighted by Crippen LogP contribution is 2.36. The van der Waals surface area contributed by atoms with Gasteiger partial charge in [-0.05, 0) is 19.0 Å². The largest absolute Gasteiger partial charge is 0.352 e. The lowest BCUT2D eigenvalue weighted by atomic mass is 9.87. The first kappa shape index (κ1) is 15.5. The molecule has 22 heavy (non-hydrogen) atoms. The lowest BCUT2D eigenvalue weighted by molar-refractivity contribution is -0.126. The number of amides is 1. The fraction of sp³-hybridized carbons (Fsp3) is 0.562. The third kappa shape index (κ3) is 3.03. The van der Waals surface area contributed by atoms with E-state index in [1.54, 1.807) is 0 Å². The summed E-state index contributed by atoms with van der Waals surface area (Å²) in [5.41, 5.74) is 1.05. The number of hydrogen-bond donors (Lipinski definition) is 1. The second-order valence-corrected chi connectivity index (χ2v) is 8.73. The molecule has 2 heterocycles. The molecule has 2 aliphatic rings. The van der Waals surface area contributed by atoms with Crippen molar-refractivity contribution in [1.29, 1.82) is 0 Å². The zero-order valence-corrected chi connectivity index (χ0v) is 13.6. The van der Waals surface area contributed by atoms with Gasteiger partial charge in [0.15, 0.2) is 9.84 Å². The van der Waals surface area contributed by atoms with Crippen molar-refractivity contribution in [2.45, 2.75) is 18.2 Å². The topological polar surface area (TPSA) is 66.5 Å². The molecule has 1 aromatic rings. The Morgan fingerprint density at radius 2 is 2.00 bits per heavy atom. The van der Waals surface area contributed by atoms with Crippen molar-refractivity contribution >= 4 is 15.7 Å². The molecule has 3 atom stereocenters. The van der Waals surface area contributed by atoms with E-state index in [-0.39, 0.29) is 28.7 Å². The van der Waals surface area contributed by atoms with Gasteiger partial charge < -0.3 is 10.2 Å². The number of carbonyl (C=O) groups is 1. The molecule has 2 aliphatic heterocycles. The fourth-order valence-corrected chi connectivity index (χ4v) is 5.83. The molecule has 0 spiro atoms. The molecular formula is C16H22N2O3S. The van der Waals surface area contributed by atoms with Gasteiger partial charge in [-0.3, -0.25) is 4.79 Å². The molecule has 2 fully saturated rings. The highest BCUT2D eigenvalue weighted by Gasteiger charge is 2.49. The third-order valence-corrected chi connectivity index (χ3v) is 7.06. The predicted molar refractivity (Wildman–Crippen MR) is 85.0 cm³/mol. The number of nitrogens with zero attached hydrogens (tertiary/aromatic N) is 1. The number of sulfone groups is 1. The van der Waals surface area contributed by atoms with Crippen LogP contribution >= 0.6 is 0 Å². The molecule has 0 bridgehead atoms. The van der Waals surface area contributed by atoms with Crippen LogP contribution in [0.2, 0.25) is 0 Å². The molecule has 0 unspecified atom stereocenters. The summed E-state index contributed by atoms with van der Waals surface area (Å²) in [6, 6.07) is 9.76. The van der Waals surface area contributed by atoms with E-state index in [1.165, 1.54) is 0 Å². The van der Waals surface area contributed by atoms with Crippen LogP contribution in [0.3, 0.4) is 0 Å². The maximum absolute atomic E-state index is 12.5. The number of rotatable bonds is 3. The molecule has 2 saturated heterocycles. The number of benzene rings is 1. The molecule has 3 rings (SSSR count). The van der Waals surface area contributed by atoms with Gasteiger partial charge in [0.1, 0.15) is 0 Å². The Morgan fingerprint density at radius 1 is 1.27 bits per heavy atom. The smallest absolute Gasteiger partial charge is 0.223 e. The summed E-state index contributed by atoms with van der Waals surface area (Å²) in [6.07, 6.45) is 0.442. The van der Waals surface area contributed by atoms with Crippen LogP contribution in [0.5, 0.6) is 0 Å². The molecule has 0 saturated carbocycles. The molecule has 5 nitrogen and oxygen atoms in total. The molecule has 1 aromatic carbocycles. The van der Waals surface area contributed by atoms with Crippen LogP contribution in [0.25, 0.3) is 0 Å². The standard InChI is InChI=1S/C16H22N2O3S/c1-18-10-14-13(7-8-22(20,21)15(14)11-18)16(19)17-9-12-5-3-2-4-6-12/h2-6,13-15H,7-11H2,1H3,(H,17,19)/t13-,14-,15-/m1/s1. The molecular weight excluding hydrogens is 300 g/mol. The highest BCUT2D eigenvalue weighted by atomic mass is 32.2. The quantitative estimate of drug-likeness (QED) is 0.888. The van der Waals surface area contributed by atoms with Crippen molar-refractivity contribution in [2.75, 3.05) is 25.9 Å². The molecule has 0 aromatic heterocycles. The van der Waals surface area contributed by atoms with E-state index in [9.17, 15) is 13.2 Å². The summed E-state index contributed by atoms with van der Waals surface area (Å²) < 4.78 is 24.4. The van der Waals surface area contributed by atoms with Crippen LogP contribution < -0.4 is 5.32 Å². The van der Waals surface area contributed by atoms with E-state index in [0.29, 0.717) is 26.1 Å². The van der Waals surface area contributed by atoms with Crippen molar-refractivity contribution in [3.63, 3.8) is 0 Å². The van der Waals surface area contributed by atoms with Gasteiger partial charge in [-0.1, -0.05) is 30.3 Å². The van der Waals surface area contributed by atoms with Gasteiger partial charge in [0.05, 0.1) is 11.0 Å². The Bertz CT molecular complexity index is 645. The second-order valence-electron chi connectivity index (χ2n) is 6.39. The van der Waals surface area contributed by atoms with Crippen LogP contribution in [0.15, 0.2) is 30.3 Å². The van der Waals surface area contributed by atoms with Gasteiger partial charge in [0.25, 0.3) is 0 Å². The maximum atomic E-state index is 12.5. The summed E-state index contributed by atoms with van der Waals surface area (Å²) >= 11 is 0. The molecule has 120 valence electrons. The van der Waals surface area contributed by atoms with Crippen LogP contribution in [-0.2, 0) is 21.2 Å². The molecule has 6 heteroatoms. The van der Waals surface area contributed by atoms with E-state index >= 15 is 0 Å². The Kier molecular flexibility index (Phi) is 4.23. The van der Waals surface area contributed by atoms with Crippen LogP contribution in [0, 0.1) is 11.8 Å². The molecule has 1 N–H and O–H groups in total. The summed E-state index contributed by atoms with van der Waals surface area (Å²) in [7, 11) is -1.13. The average Bonchev–Trinajstić information content (AvgIpc) is 2.89. The van der Waals surface area contributed by atoms with Crippen molar-refractivity contribution in [3.8, 4) is 0 Å². The number of hydrogen-bond acceptors (Lipinski definition) is 4. The van der Waals surface area contributed by atoms with Crippen molar-refractivity contribution in [1.82, 2.24) is 10.2 Å². The van der Waals surface area contributed by atoms with Gasteiger partial charge in [-0.25, -0.2) is 8.42 Å².